The number of esters is 1. The maximum Gasteiger partial charge on any atom is 0.359 e. The molecule has 144 valence electrons. The highest BCUT2D eigenvalue weighted by Crippen LogP contribution is 2.20. The van der Waals surface area contributed by atoms with Gasteiger partial charge in [-0.1, -0.05) is 30.3 Å². The minimum absolute atomic E-state index is 0.160. The Morgan fingerprint density at radius 3 is 2.54 bits per heavy atom. The fourth-order valence-electron chi connectivity index (χ4n) is 3.31. The normalized spacial score (nSPS) is 14.3. The van der Waals surface area contributed by atoms with Gasteiger partial charge in [-0.2, -0.15) is 5.10 Å². The molecule has 1 N–H and O–H groups in total. The number of hydrogen-bond donors (Lipinski definition) is 1. The number of aromatic amines is 1. The largest absolute Gasteiger partial charge is 0.451 e. The number of hydrogen-bond acceptors (Lipinski definition) is 5. The molecule has 2 aromatic carbocycles. The minimum Gasteiger partial charge on any atom is -0.451 e. The highest BCUT2D eigenvalue weighted by molar-refractivity contribution is 6.02. The third kappa shape index (κ3) is 3.53. The molecule has 1 saturated heterocycles. The van der Waals surface area contributed by atoms with E-state index in [2.05, 4.69) is 10.2 Å². The number of carbonyl (C=O) groups excluding carboxylic acids is 2. The number of piperazine rings is 1. The summed E-state index contributed by atoms with van der Waals surface area (Å²) in [4.78, 5) is 28.2. The number of aromatic nitrogens is 2. The first-order valence-electron chi connectivity index (χ1n) is 9.01. The quantitative estimate of drug-likeness (QED) is 0.700. The molecule has 1 aliphatic rings. The molecule has 1 fully saturated rings. The fraction of sp³-hybridized carbons (Fsp3) is 0.250. The Morgan fingerprint density at radius 1 is 1.04 bits per heavy atom. The first-order valence-corrected chi connectivity index (χ1v) is 9.01. The van der Waals surface area contributed by atoms with E-state index in [1.54, 1.807) is 41.3 Å². The van der Waals surface area contributed by atoms with Crippen LogP contribution in [-0.2, 0) is 9.53 Å². The van der Waals surface area contributed by atoms with Crippen molar-refractivity contribution in [1.29, 1.82) is 0 Å². The van der Waals surface area contributed by atoms with E-state index in [1.807, 2.05) is 11.0 Å². The summed E-state index contributed by atoms with van der Waals surface area (Å²) in [5.41, 5.74) is 1.42. The monoisotopic (exact) mass is 382 g/mol. The van der Waals surface area contributed by atoms with Crippen molar-refractivity contribution in [2.75, 3.05) is 37.7 Å². The van der Waals surface area contributed by atoms with E-state index in [0.717, 1.165) is 5.52 Å². The molecular weight excluding hydrogens is 363 g/mol. The van der Waals surface area contributed by atoms with E-state index in [-0.39, 0.29) is 24.0 Å². The molecule has 1 aliphatic heterocycles. The Labute approximate surface area is 160 Å². The molecule has 2 heterocycles. The Hall–Kier alpha value is -3.42. The van der Waals surface area contributed by atoms with E-state index in [4.69, 9.17) is 4.74 Å². The molecule has 0 spiro atoms. The first kappa shape index (κ1) is 18.0. The number of amides is 1. The fourth-order valence-corrected chi connectivity index (χ4v) is 3.31. The van der Waals surface area contributed by atoms with Crippen molar-refractivity contribution >= 4 is 28.5 Å². The molecule has 0 saturated carbocycles. The molecule has 0 atom stereocenters. The predicted molar refractivity (Wildman–Crippen MR) is 102 cm³/mol. The summed E-state index contributed by atoms with van der Waals surface area (Å²) in [6, 6.07) is 13.8. The summed E-state index contributed by atoms with van der Waals surface area (Å²) >= 11 is 0. The third-order valence-electron chi connectivity index (χ3n) is 4.82. The van der Waals surface area contributed by atoms with Crippen molar-refractivity contribution in [3.05, 3.63) is 60.0 Å². The number of nitrogens with one attached hydrogen (secondary N) is 1. The zero-order valence-electron chi connectivity index (χ0n) is 15.1. The van der Waals surface area contributed by atoms with Gasteiger partial charge in [0.1, 0.15) is 5.82 Å². The lowest BCUT2D eigenvalue weighted by Gasteiger charge is -2.36. The van der Waals surface area contributed by atoms with Gasteiger partial charge in [0.05, 0.1) is 11.2 Å². The molecule has 1 amide bonds. The number of halogens is 1. The van der Waals surface area contributed by atoms with Crippen LogP contribution in [0.3, 0.4) is 0 Å². The number of anilines is 1. The van der Waals surface area contributed by atoms with Gasteiger partial charge >= 0.3 is 5.97 Å². The summed E-state index contributed by atoms with van der Waals surface area (Å²) < 4.78 is 19.1. The van der Waals surface area contributed by atoms with Crippen molar-refractivity contribution in [3.63, 3.8) is 0 Å². The van der Waals surface area contributed by atoms with Crippen LogP contribution in [0, 0.1) is 5.82 Å². The number of carbonyl (C=O) groups is 2. The SMILES string of the molecule is O=C(OCC(=O)N1CCN(c2ccccc2F)CC1)c1n[nH]c2ccccc12. The Kier molecular flexibility index (Phi) is 4.92. The Morgan fingerprint density at radius 2 is 1.75 bits per heavy atom. The standard InChI is InChI=1S/C20H19FN4O3/c21-15-6-2-4-8-17(15)24-9-11-25(12-10-24)18(26)13-28-20(27)19-14-5-1-3-7-16(14)22-23-19/h1-8H,9-13H2,(H,22,23). The van der Waals surface area contributed by atoms with Crippen LogP contribution in [0.15, 0.2) is 48.5 Å². The summed E-state index contributed by atoms with van der Waals surface area (Å²) in [6.07, 6.45) is 0. The van der Waals surface area contributed by atoms with Crippen molar-refractivity contribution in [2.45, 2.75) is 0 Å². The number of fused-ring (bicyclic) bond motifs is 1. The Bertz CT molecular complexity index is 1010. The maximum absolute atomic E-state index is 13.9. The van der Waals surface area contributed by atoms with Crippen molar-refractivity contribution in [3.8, 4) is 0 Å². The van der Waals surface area contributed by atoms with Gasteiger partial charge < -0.3 is 14.5 Å². The van der Waals surface area contributed by atoms with Gasteiger partial charge in [-0.3, -0.25) is 9.89 Å². The van der Waals surface area contributed by atoms with E-state index in [1.165, 1.54) is 6.07 Å². The molecule has 0 bridgehead atoms. The van der Waals surface area contributed by atoms with Crippen LogP contribution in [0.25, 0.3) is 10.9 Å². The van der Waals surface area contributed by atoms with Gasteiger partial charge in [0.25, 0.3) is 5.91 Å². The summed E-state index contributed by atoms with van der Waals surface area (Å²) in [6.45, 7) is 1.57. The van der Waals surface area contributed by atoms with Gasteiger partial charge in [-0.15, -0.1) is 0 Å². The lowest BCUT2D eigenvalue weighted by Crippen LogP contribution is -2.50. The predicted octanol–water partition coefficient (Wildman–Crippen LogP) is 2.21. The van der Waals surface area contributed by atoms with Crippen molar-refractivity contribution < 1.29 is 18.7 Å². The molecule has 0 unspecified atom stereocenters. The summed E-state index contributed by atoms with van der Waals surface area (Å²) in [5, 5.41) is 7.38. The average molecular weight is 382 g/mol. The smallest absolute Gasteiger partial charge is 0.359 e. The van der Waals surface area contributed by atoms with E-state index in [9.17, 15) is 14.0 Å². The van der Waals surface area contributed by atoms with Gasteiger partial charge in [0.15, 0.2) is 12.3 Å². The molecule has 28 heavy (non-hydrogen) atoms. The second-order valence-corrected chi connectivity index (χ2v) is 6.51. The molecule has 3 aromatic rings. The molecule has 7 nitrogen and oxygen atoms in total. The molecule has 0 radical (unpaired) electrons. The first-order chi connectivity index (χ1) is 13.6. The lowest BCUT2D eigenvalue weighted by molar-refractivity contribution is -0.134. The molecule has 0 aliphatic carbocycles. The molecule has 8 heteroatoms. The van der Waals surface area contributed by atoms with Gasteiger partial charge in [-0.05, 0) is 18.2 Å². The summed E-state index contributed by atoms with van der Waals surface area (Å²) in [5.74, 6) is -1.19. The number of rotatable bonds is 4. The molecular formula is C20H19FN4O3. The third-order valence-corrected chi connectivity index (χ3v) is 4.82. The topological polar surface area (TPSA) is 78.5 Å². The minimum atomic E-state index is -0.643. The van der Waals surface area contributed by atoms with Crippen LogP contribution in [0.2, 0.25) is 0 Å². The van der Waals surface area contributed by atoms with Crippen molar-refractivity contribution in [2.24, 2.45) is 0 Å². The second-order valence-electron chi connectivity index (χ2n) is 6.51. The van der Waals surface area contributed by atoms with Crippen LogP contribution in [0.5, 0.6) is 0 Å². The average Bonchev–Trinajstić information content (AvgIpc) is 3.16. The summed E-state index contributed by atoms with van der Waals surface area (Å²) in [7, 11) is 0. The molecule has 1 aromatic heterocycles. The van der Waals surface area contributed by atoms with Crippen LogP contribution < -0.4 is 4.90 Å². The van der Waals surface area contributed by atoms with Crippen LogP contribution >= 0.6 is 0 Å². The van der Waals surface area contributed by atoms with Gasteiger partial charge in [0.2, 0.25) is 0 Å². The van der Waals surface area contributed by atoms with Gasteiger partial charge in [-0.25, -0.2) is 9.18 Å². The van der Waals surface area contributed by atoms with Crippen LogP contribution in [0.4, 0.5) is 10.1 Å². The van der Waals surface area contributed by atoms with Crippen LogP contribution in [-0.4, -0.2) is 59.8 Å². The van der Waals surface area contributed by atoms with E-state index in [0.29, 0.717) is 37.3 Å². The number of para-hydroxylation sites is 2. The highest BCUT2D eigenvalue weighted by Gasteiger charge is 2.24. The number of benzene rings is 2. The lowest BCUT2D eigenvalue weighted by atomic mass is 10.2. The second kappa shape index (κ2) is 7.67. The van der Waals surface area contributed by atoms with Crippen LogP contribution in [0.1, 0.15) is 10.5 Å². The van der Waals surface area contributed by atoms with Gasteiger partial charge in [0, 0.05) is 31.6 Å². The molecule has 4 rings (SSSR count). The highest BCUT2D eigenvalue weighted by atomic mass is 19.1. The Balaban J connectivity index is 1.31. The zero-order valence-corrected chi connectivity index (χ0v) is 15.1. The van der Waals surface area contributed by atoms with E-state index >= 15 is 0 Å². The number of H-pyrrole nitrogens is 1. The number of nitrogens with zero attached hydrogens (tertiary/aromatic N) is 3. The van der Waals surface area contributed by atoms with Crippen molar-refractivity contribution in [1.82, 2.24) is 15.1 Å². The zero-order chi connectivity index (χ0) is 19.5. The maximum atomic E-state index is 13.9. The number of ether oxygens (including phenoxy) is 1. The van der Waals surface area contributed by atoms with E-state index < -0.39 is 5.97 Å².